The molecule has 26 heavy (non-hydrogen) atoms. The van der Waals surface area contributed by atoms with Crippen LogP contribution >= 0.6 is 0 Å². The molecule has 3 aromatic rings. The van der Waals surface area contributed by atoms with Gasteiger partial charge in [0.1, 0.15) is 11.3 Å². The number of benzene rings is 2. The smallest absolute Gasteiger partial charge is 0.257 e. The normalized spacial score (nSPS) is 11.8. The van der Waals surface area contributed by atoms with E-state index in [1.807, 2.05) is 62.4 Å². The second-order valence-corrected chi connectivity index (χ2v) is 6.26. The zero-order chi connectivity index (χ0) is 18.7. The van der Waals surface area contributed by atoms with Crippen LogP contribution in [0.15, 0.2) is 53.1 Å². The number of hydrogen-bond acceptors (Lipinski definition) is 4. The maximum atomic E-state index is 12.9. The molecule has 0 bridgehead atoms. The van der Waals surface area contributed by atoms with Crippen molar-refractivity contribution in [3.05, 3.63) is 70.9 Å². The van der Waals surface area contributed by atoms with Crippen LogP contribution in [0.5, 0.6) is 5.75 Å². The Hall–Kier alpha value is -3.08. The molecule has 1 atom stereocenters. The highest BCUT2D eigenvalue weighted by Gasteiger charge is 2.24. The molecule has 0 saturated heterocycles. The van der Waals surface area contributed by atoms with Crippen molar-refractivity contribution in [2.75, 3.05) is 7.11 Å². The van der Waals surface area contributed by atoms with Gasteiger partial charge in [0.05, 0.1) is 18.8 Å². The lowest BCUT2D eigenvalue weighted by Gasteiger charge is -2.15. The summed E-state index contributed by atoms with van der Waals surface area (Å²) in [5, 5.41) is 7.03. The standard InChI is InChI=1S/C21H22N2O3/c1-13-8-5-6-11-18(13)20-19(15(3)23-26-20)21(24)22-14(2)16-9-7-10-17(12-16)25-4/h5-12,14H,1-4H3,(H,22,24). The number of rotatable bonds is 5. The summed E-state index contributed by atoms with van der Waals surface area (Å²) in [4.78, 5) is 12.9. The fraction of sp³-hybridized carbons (Fsp3) is 0.238. The first-order valence-electron chi connectivity index (χ1n) is 8.48. The van der Waals surface area contributed by atoms with Crippen molar-refractivity contribution in [2.45, 2.75) is 26.8 Å². The van der Waals surface area contributed by atoms with E-state index in [9.17, 15) is 4.79 Å². The molecule has 3 rings (SSSR count). The van der Waals surface area contributed by atoms with Crippen LogP contribution in [0.25, 0.3) is 11.3 Å². The van der Waals surface area contributed by atoms with Crippen LogP contribution in [0.1, 0.15) is 40.1 Å². The molecule has 5 nitrogen and oxygen atoms in total. The average Bonchev–Trinajstić information content (AvgIpc) is 3.03. The van der Waals surface area contributed by atoms with Crippen molar-refractivity contribution >= 4 is 5.91 Å². The largest absolute Gasteiger partial charge is 0.497 e. The lowest BCUT2D eigenvalue weighted by molar-refractivity contribution is 0.0939. The van der Waals surface area contributed by atoms with Crippen molar-refractivity contribution in [1.29, 1.82) is 0 Å². The summed E-state index contributed by atoms with van der Waals surface area (Å²) in [6, 6.07) is 15.2. The summed E-state index contributed by atoms with van der Waals surface area (Å²) in [6.45, 7) is 5.69. The van der Waals surface area contributed by atoms with Crippen molar-refractivity contribution < 1.29 is 14.1 Å². The average molecular weight is 350 g/mol. The summed E-state index contributed by atoms with van der Waals surface area (Å²) >= 11 is 0. The maximum Gasteiger partial charge on any atom is 0.257 e. The molecule has 0 aliphatic rings. The number of methoxy groups -OCH3 is 1. The van der Waals surface area contributed by atoms with Gasteiger partial charge in [0.25, 0.3) is 5.91 Å². The van der Waals surface area contributed by atoms with Gasteiger partial charge >= 0.3 is 0 Å². The van der Waals surface area contributed by atoms with Gasteiger partial charge < -0.3 is 14.6 Å². The number of carbonyl (C=O) groups is 1. The summed E-state index contributed by atoms with van der Waals surface area (Å²) in [7, 11) is 1.62. The molecule has 0 radical (unpaired) electrons. The van der Waals surface area contributed by atoms with Gasteiger partial charge in [-0.15, -0.1) is 0 Å². The van der Waals surface area contributed by atoms with Crippen LogP contribution < -0.4 is 10.1 Å². The number of carbonyl (C=O) groups excluding carboxylic acids is 1. The van der Waals surface area contributed by atoms with E-state index in [1.54, 1.807) is 14.0 Å². The predicted molar refractivity (Wildman–Crippen MR) is 100 cm³/mol. The van der Waals surface area contributed by atoms with Gasteiger partial charge in [-0.3, -0.25) is 4.79 Å². The summed E-state index contributed by atoms with van der Waals surface area (Å²) in [5.74, 6) is 1.04. The van der Waals surface area contributed by atoms with Crippen LogP contribution in [0.2, 0.25) is 0 Å². The van der Waals surface area contributed by atoms with Crippen LogP contribution in [-0.2, 0) is 0 Å². The lowest BCUT2D eigenvalue weighted by atomic mass is 10.0. The van der Waals surface area contributed by atoms with E-state index >= 15 is 0 Å². The fourth-order valence-corrected chi connectivity index (χ4v) is 2.91. The monoisotopic (exact) mass is 350 g/mol. The maximum absolute atomic E-state index is 12.9. The summed E-state index contributed by atoms with van der Waals surface area (Å²) < 4.78 is 10.7. The number of ether oxygens (including phenoxy) is 1. The molecule has 1 unspecified atom stereocenters. The second kappa shape index (κ2) is 7.44. The highest BCUT2D eigenvalue weighted by atomic mass is 16.5. The molecule has 0 aliphatic heterocycles. The Kier molecular flexibility index (Phi) is 5.07. The van der Waals surface area contributed by atoms with E-state index in [0.717, 1.165) is 22.4 Å². The Morgan fingerprint density at radius 3 is 2.65 bits per heavy atom. The molecule has 0 aliphatic carbocycles. The van der Waals surface area contributed by atoms with Gasteiger partial charge in [-0.1, -0.05) is 41.6 Å². The molecule has 0 fully saturated rings. The van der Waals surface area contributed by atoms with Gasteiger partial charge in [-0.25, -0.2) is 0 Å². The third-order valence-electron chi connectivity index (χ3n) is 4.42. The van der Waals surface area contributed by atoms with Gasteiger partial charge in [0, 0.05) is 5.56 Å². The number of hydrogen-bond donors (Lipinski definition) is 1. The Balaban J connectivity index is 1.89. The molecule has 1 N–H and O–H groups in total. The second-order valence-electron chi connectivity index (χ2n) is 6.26. The number of aromatic nitrogens is 1. The molecular weight excluding hydrogens is 328 g/mol. The SMILES string of the molecule is COc1cccc(C(C)NC(=O)c2c(C)noc2-c2ccccc2C)c1. The minimum atomic E-state index is -0.211. The van der Waals surface area contributed by atoms with Crippen LogP contribution in [0.3, 0.4) is 0 Å². The molecular formula is C21H22N2O3. The van der Waals surface area contributed by atoms with E-state index < -0.39 is 0 Å². The van der Waals surface area contributed by atoms with Crippen molar-refractivity contribution in [3.8, 4) is 17.1 Å². The Labute approximate surface area is 153 Å². The molecule has 1 heterocycles. The molecule has 5 heteroatoms. The van der Waals surface area contributed by atoms with Crippen LogP contribution in [0, 0.1) is 13.8 Å². The number of nitrogens with zero attached hydrogens (tertiary/aromatic N) is 1. The number of amides is 1. The Morgan fingerprint density at radius 2 is 1.92 bits per heavy atom. The van der Waals surface area contributed by atoms with Crippen molar-refractivity contribution in [1.82, 2.24) is 10.5 Å². The highest BCUT2D eigenvalue weighted by Crippen LogP contribution is 2.29. The molecule has 2 aromatic carbocycles. The Bertz CT molecular complexity index is 931. The van der Waals surface area contributed by atoms with Crippen molar-refractivity contribution in [2.24, 2.45) is 0 Å². The third-order valence-corrected chi connectivity index (χ3v) is 4.42. The highest BCUT2D eigenvalue weighted by molar-refractivity contribution is 6.01. The first-order valence-corrected chi connectivity index (χ1v) is 8.48. The summed E-state index contributed by atoms with van der Waals surface area (Å²) in [5.41, 5.74) is 3.89. The minimum absolute atomic E-state index is 0.184. The molecule has 0 saturated carbocycles. The van der Waals surface area contributed by atoms with Gasteiger partial charge in [-0.2, -0.15) is 0 Å². The topological polar surface area (TPSA) is 64.4 Å². The van der Waals surface area contributed by atoms with Crippen LogP contribution in [0.4, 0.5) is 0 Å². The molecule has 134 valence electrons. The van der Waals surface area contributed by atoms with Gasteiger partial charge in [0.15, 0.2) is 5.76 Å². The van der Waals surface area contributed by atoms with E-state index in [1.165, 1.54) is 0 Å². The zero-order valence-corrected chi connectivity index (χ0v) is 15.4. The van der Waals surface area contributed by atoms with E-state index in [4.69, 9.17) is 9.26 Å². The van der Waals surface area contributed by atoms with Gasteiger partial charge in [-0.05, 0) is 44.0 Å². The first-order chi connectivity index (χ1) is 12.5. The fourth-order valence-electron chi connectivity index (χ4n) is 2.91. The zero-order valence-electron chi connectivity index (χ0n) is 15.4. The lowest BCUT2D eigenvalue weighted by Crippen LogP contribution is -2.27. The van der Waals surface area contributed by atoms with E-state index in [2.05, 4.69) is 10.5 Å². The third kappa shape index (κ3) is 3.47. The number of aryl methyl sites for hydroxylation is 2. The molecule has 1 aromatic heterocycles. The van der Waals surface area contributed by atoms with Crippen molar-refractivity contribution in [3.63, 3.8) is 0 Å². The molecule has 0 spiro atoms. The quantitative estimate of drug-likeness (QED) is 0.738. The predicted octanol–water partition coefficient (Wildman–Crippen LogP) is 4.46. The molecule has 1 amide bonds. The Morgan fingerprint density at radius 1 is 1.15 bits per heavy atom. The summed E-state index contributed by atoms with van der Waals surface area (Å²) in [6.07, 6.45) is 0. The minimum Gasteiger partial charge on any atom is -0.497 e. The van der Waals surface area contributed by atoms with E-state index in [0.29, 0.717) is 17.0 Å². The van der Waals surface area contributed by atoms with Crippen LogP contribution in [-0.4, -0.2) is 18.2 Å². The van der Waals surface area contributed by atoms with E-state index in [-0.39, 0.29) is 11.9 Å². The first kappa shape index (κ1) is 17.7. The van der Waals surface area contributed by atoms with Gasteiger partial charge in [0.2, 0.25) is 0 Å². The number of nitrogens with one attached hydrogen (secondary N) is 1.